The summed E-state index contributed by atoms with van der Waals surface area (Å²) in [7, 11) is 1.58. The van der Waals surface area contributed by atoms with Crippen LogP contribution in [0.3, 0.4) is 0 Å². The Morgan fingerprint density at radius 3 is 2.35 bits per heavy atom. The Kier molecular flexibility index (Phi) is 5.01. The van der Waals surface area contributed by atoms with Crippen molar-refractivity contribution in [1.82, 2.24) is 0 Å². The highest BCUT2D eigenvalue weighted by atomic mass is 79.9. The highest BCUT2D eigenvalue weighted by Crippen LogP contribution is 2.38. The quantitative estimate of drug-likeness (QED) is 0.809. The monoisotopic (exact) mass is 403 g/mol. The summed E-state index contributed by atoms with van der Waals surface area (Å²) < 4.78 is 25.6. The van der Waals surface area contributed by atoms with Crippen LogP contribution in [-0.2, 0) is 6.54 Å². The van der Waals surface area contributed by atoms with Crippen molar-refractivity contribution in [2.75, 3.05) is 7.11 Å². The third kappa shape index (κ3) is 3.31. The van der Waals surface area contributed by atoms with Crippen LogP contribution < -0.4 is 15.2 Å². The van der Waals surface area contributed by atoms with Gasteiger partial charge in [-0.05, 0) is 62.2 Å². The van der Waals surface area contributed by atoms with Gasteiger partial charge in [0.15, 0.2) is 0 Å². The standard InChI is InChI=1S/C14H12Br2FNO2/c1-19-13-5-11(16)14(6-10(13)15)20-12-3-2-9(17)4-8(12)7-18/h2-6H,7,18H2,1H3. The Labute approximate surface area is 133 Å². The molecule has 0 atom stereocenters. The van der Waals surface area contributed by atoms with Crippen molar-refractivity contribution in [3.05, 3.63) is 50.7 Å². The van der Waals surface area contributed by atoms with Crippen molar-refractivity contribution < 1.29 is 13.9 Å². The molecule has 0 fully saturated rings. The van der Waals surface area contributed by atoms with Gasteiger partial charge in [0.2, 0.25) is 0 Å². The summed E-state index contributed by atoms with van der Waals surface area (Å²) in [5.74, 6) is 1.45. The van der Waals surface area contributed by atoms with Crippen LogP contribution in [0.1, 0.15) is 5.56 Å². The molecule has 0 spiro atoms. The molecule has 0 aliphatic rings. The molecule has 0 heterocycles. The first-order chi connectivity index (χ1) is 9.55. The maximum absolute atomic E-state index is 13.2. The van der Waals surface area contributed by atoms with Crippen LogP contribution in [0.5, 0.6) is 17.2 Å². The first kappa shape index (κ1) is 15.3. The summed E-state index contributed by atoms with van der Waals surface area (Å²) in [6, 6.07) is 7.81. The molecular weight excluding hydrogens is 393 g/mol. The molecule has 20 heavy (non-hydrogen) atoms. The van der Waals surface area contributed by atoms with E-state index in [9.17, 15) is 4.39 Å². The average Bonchev–Trinajstić information content (AvgIpc) is 2.44. The summed E-state index contributed by atoms with van der Waals surface area (Å²) >= 11 is 6.80. The molecule has 2 N–H and O–H groups in total. The zero-order valence-electron chi connectivity index (χ0n) is 10.6. The lowest BCUT2D eigenvalue weighted by molar-refractivity contribution is 0.409. The molecule has 6 heteroatoms. The number of rotatable bonds is 4. The second-order valence-electron chi connectivity index (χ2n) is 3.98. The third-order valence-electron chi connectivity index (χ3n) is 2.67. The van der Waals surface area contributed by atoms with Crippen LogP contribution in [0.25, 0.3) is 0 Å². The van der Waals surface area contributed by atoms with Crippen LogP contribution in [0, 0.1) is 5.82 Å². The van der Waals surface area contributed by atoms with Gasteiger partial charge in [-0.25, -0.2) is 4.39 Å². The van der Waals surface area contributed by atoms with Crippen molar-refractivity contribution in [1.29, 1.82) is 0 Å². The Morgan fingerprint density at radius 2 is 1.70 bits per heavy atom. The number of ether oxygens (including phenoxy) is 2. The first-order valence-electron chi connectivity index (χ1n) is 5.74. The van der Waals surface area contributed by atoms with Gasteiger partial charge in [-0.3, -0.25) is 0 Å². The van der Waals surface area contributed by atoms with Crippen LogP contribution in [-0.4, -0.2) is 7.11 Å². The Hall–Kier alpha value is -1.11. The second kappa shape index (κ2) is 6.56. The summed E-state index contributed by atoms with van der Waals surface area (Å²) in [6.45, 7) is 0.196. The van der Waals surface area contributed by atoms with E-state index in [-0.39, 0.29) is 12.4 Å². The zero-order valence-corrected chi connectivity index (χ0v) is 13.8. The van der Waals surface area contributed by atoms with Gasteiger partial charge in [-0.2, -0.15) is 0 Å². The van der Waals surface area contributed by atoms with E-state index in [1.165, 1.54) is 12.1 Å². The normalized spacial score (nSPS) is 10.4. The number of hydrogen-bond acceptors (Lipinski definition) is 3. The van der Waals surface area contributed by atoms with Crippen molar-refractivity contribution >= 4 is 31.9 Å². The van der Waals surface area contributed by atoms with Crippen molar-refractivity contribution in [2.45, 2.75) is 6.54 Å². The van der Waals surface area contributed by atoms with Crippen LogP contribution in [0.2, 0.25) is 0 Å². The minimum absolute atomic E-state index is 0.196. The lowest BCUT2D eigenvalue weighted by Gasteiger charge is -2.13. The fraction of sp³-hybridized carbons (Fsp3) is 0.143. The van der Waals surface area contributed by atoms with Crippen LogP contribution in [0.4, 0.5) is 4.39 Å². The van der Waals surface area contributed by atoms with Crippen LogP contribution >= 0.6 is 31.9 Å². The maximum Gasteiger partial charge on any atom is 0.143 e. The van der Waals surface area contributed by atoms with Crippen molar-refractivity contribution in [3.8, 4) is 17.2 Å². The van der Waals surface area contributed by atoms with E-state index in [1.54, 1.807) is 25.3 Å². The van der Waals surface area contributed by atoms with Crippen LogP contribution in [0.15, 0.2) is 39.3 Å². The molecule has 3 nitrogen and oxygen atoms in total. The number of methoxy groups -OCH3 is 1. The molecule has 0 bridgehead atoms. The van der Waals surface area contributed by atoms with Gasteiger partial charge in [0, 0.05) is 12.1 Å². The summed E-state index contributed by atoms with van der Waals surface area (Å²) in [6.07, 6.45) is 0. The molecular formula is C14H12Br2FNO2. The van der Waals surface area contributed by atoms with Gasteiger partial charge in [-0.1, -0.05) is 0 Å². The minimum Gasteiger partial charge on any atom is -0.496 e. The molecule has 0 saturated carbocycles. The van der Waals surface area contributed by atoms with E-state index in [0.29, 0.717) is 22.8 Å². The van der Waals surface area contributed by atoms with Gasteiger partial charge in [0.1, 0.15) is 23.1 Å². The van der Waals surface area contributed by atoms with E-state index in [1.807, 2.05) is 0 Å². The molecule has 0 unspecified atom stereocenters. The van der Waals surface area contributed by atoms with E-state index in [0.717, 1.165) is 8.95 Å². The summed E-state index contributed by atoms with van der Waals surface area (Å²) in [4.78, 5) is 0. The lowest BCUT2D eigenvalue weighted by Crippen LogP contribution is -2.00. The largest absolute Gasteiger partial charge is 0.496 e. The summed E-state index contributed by atoms with van der Waals surface area (Å²) in [5.41, 5.74) is 6.20. The van der Waals surface area contributed by atoms with Gasteiger partial charge in [0.25, 0.3) is 0 Å². The fourth-order valence-electron chi connectivity index (χ4n) is 1.67. The molecule has 0 amide bonds. The smallest absolute Gasteiger partial charge is 0.143 e. The van der Waals surface area contributed by atoms with E-state index < -0.39 is 0 Å². The fourth-order valence-corrected chi connectivity index (χ4v) is 2.56. The third-order valence-corrected chi connectivity index (χ3v) is 3.91. The molecule has 0 aliphatic carbocycles. The average molecular weight is 405 g/mol. The molecule has 2 aromatic rings. The Morgan fingerprint density at radius 1 is 1.05 bits per heavy atom. The number of benzene rings is 2. The number of halogens is 3. The van der Waals surface area contributed by atoms with E-state index in [4.69, 9.17) is 15.2 Å². The van der Waals surface area contributed by atoms with Gasteiger partial charge in [-0.15, -0.1) is 0 Å². The number of nitrogens with two attached hydrogens (primary N) is 1. The molecule has 0 radical (unpaired) electrons. The molecule has 0 aromatic heterocycles. The molecule has 2 aromatic carbocycles. The minimum atomic E-state index is -0.340. The highest BCUT2D eigenvalue weighted by Gasteiger charge is 2.11. The lowest BCUT2D eigenvalue weighted by atomic mass is 10.2. The molecule has 0 aliphatic heterocycles. The molecule has 106 valence electrons. The zero-order chi connectivity index (χ0) is 14.7. The number of hydrogen-bond donors (Lipinski definition) is 1. The van der Waals surface area contributed by atoms with Gasteiger partial charge < -0.3 is 15.2 Å². The van der Waals surface area contributed by atoms with E-state index in [2.05, 4.69) is 31.9 Å². The van der Waals surface area contributed by atoms with Gasteiger partial charge >= 0.3 is 0 Å². The maximum atomic E-state index is 13.2. The Bertz CT molecular complexity index is 635. The summed E-state index contributed by atoms with van der Waals surface area (Å²) in [5, 5.41) is 0. The molecule has 2 rings (SSSR count). The highest BCUT2D eigenvalue weighted by molar-refractivity contribution is 9.11. The Balaban J connectivity index is 2.37. The van der Waals surface area contributed by atoms with Crippen molar-refractivity contribution in [2.24, 2.45) is 5.73 Å². The SMILES string of the molecule is COc1cc(Br)c(Oc2ccc(F)cc2CN)cc1Br. The van der Waals surface area contributed by atoms with Gasteiger partial charge in [0.05, 0.1) is 16.1 Å². The molecule has 0 saturated heterocycles. The first-order valence-corrected chi connectivity index (χ1v) is 7.33. The topological polar surface area (TPSA) is 44.5 Å². The predicted octanol–water partition coefficient (Wildman–Crippen LogP) is 4.61. The predicted molar refractivity (Wildman–Crippen MR) is 82.8 cm³/mol. The van der Waals surface area contributed by atoms with E-state index >= 15 is 0 Å². The second-order valence-corrected chi connectivity index (χ2v) is 5.68. The van der Waals surface area contributed by atoms with Crippen molar-refractivity contribution in [3.63, 3.8) is 0 Å².